The van der Waals surface area contributed by atoms with E-state index in [1.54, 1.807) is 25.3 Å². The first-order valence-electron chi connectivity index (χ1n) is 5.76. The molecule has 0 spiro atoms. The van der Waals surface area contributed by atoms with Gasteiger partial charge in [-0.1, -0.05) is 25.4 Å². The number of carbonyl (C=O) groups excluding carboxylic acids is 1. The van der Waals surface area contributed by atoms with Crippen molar-refractivity contribution in [1.29, 1.82) is 0 Å². The van der Waals surface area contributed by atoms with E-state index in [0.29, 0.717) is 29.4 Å². The van der Waals surface area contributed by atoms with Gasteiger partial charge in [0, 0.05) is 11.5 Å². The molecule has 0 bridgehead atoms. The molecule has 0 aliphatic rings. The van der Waals surface area contributed by atoms with E-state index in [1.807, 2.05) is 13.8 Å². The van der Waals surface area contributed by atoms with Crippen molar-refractivity contribution in [2.75, 3.05) is 19.0 Å². The van der Waals surface area contributed by atoms with Gasteiger partial charge in [0.05, 0.1) is 17.8 Å². The Bertz CT molecular complexity index is 433. The number of amides is 1. The lowest BCUT2D eigenvalue weighted by molar-refractivity contribution is -0.124. The van der Waals surface area contributed by atoms with Crippen LogP contribution in [0.4, 0.5) is 5.69 Å². The van der Waals surface area contributed by atoms with Gasteiger partial charge in [-0.3, -0.25) is 4.79 Å². The Hall–Kier alpha value is -1.26. The van der Waals surface area contributed by atoms with Crippen LogP contribution in [-0.4, -0.2) is 19.6 Å². The van der Waals surface area contributed by atoms with Gasteiger partial charge in [0.1, 0.15) is 5.75 Å². The summed E-state index contributed by atoms with van der Waals surface area (Å²) >= 11 is 6.03. The van der Waals surface area contributed by atoms with Gasteiger partial charge in [-0.05, 0) is 25.1 Å². The zero-order valence-corrected chi connectivity index (χ0v) is 11.7. The fourth-order valence-electron chi connectivity index (χ4n) is 1.49. The molecule has 0 aliphatic carbocycles. The first-order valence-corrected chi connectivity index (χ1v) is 6.13. The number of nitrogens with two attached hydrogens (primary N) is 1. The summed E-state index contributed by atoms with van der Waals surface area (Å²) in [5, 5.41) is 3.28. The molecule has 0 atom stereocenters. The minimum Gasteiger partial charge on any atom is -0.497 e. The monoisotopic (exact) mass is 270 g/mol. The average Bonchev–Trinajstić information content (AvgIpc) is 2.31. The summed E-state index contributed by atoms with van der Waals surface area (Å²) in [6, 6.07) is 5.12. The smallest absolute Gasteiger partial charge is 0.230 e. The second kappa shape index (κ2) is 6.07. The van der Waals surface area contributed by atoms with Crippen molar-refractivity contribution in [3.05, 3.63) is 23.2 Å². The lowest BCUT2D eigenvalue weighted by Gasteiger charge is -2.23. The fraction of sp³-hybridized carbons (Fsp3) is 0.462. The van der Waals surface area contributed by atoms with Crippen molar-refractivity contribution in [3.63, 3.8) is 0 Å². The van der Waals surface area contributed by atoms with E-state index < -0.39 is 5.41 Å². The SMILES string of the molecule is COc1ccc(Cl)c(NC(=O)C(C)(C)CCN)c1. The van der Waals surface area contributed by atoms with Gasteiger partial charge in [0.25, 0.3) is 0 Å². The maximum absolute atomic E-state index is 12.1. The Morgan fingerprint density at radius 2 is 2.17 bits per heavy atom. The zero-order valence-electron chi connectivity index (χ0n) is 10.9. The molecule has 4 nitrogen and oxygen atoms in total. The standard InChI is InChI=1S/C13H19ClN2O2/c1-13(2,6-7-15)12(17)16-11-8-9(18-3)4-5-10(11)14/h4-5,8H,6-7,15H2,1-3H3,(H,16,17). The van der Waals surface area contributed by atoms with E-state index in [1.165, 1.54) is 0 Å². The molecule has 1 rings (SSSR count). The highest BCUT2D eigenvalue weighted by Gasteiger charge is 2.27. The van der Waals surface area contributed by atoms with Gasteiger partial charge in [0.2, 0.25) is 5.91 Å². The second-order valence-electron chi connectivity index (χ2n) is 4.72. The van der Waals surface area contributed by atoms with Crippen LogP contribution in [0.15, 0.2) is 18.2 Å². The maximum atomic E-state index is 12.1. The van der Waals surface area contributed by atoms with Crippen molar-refractivity contribution in [2.45, 2.75) is 20.3 Å². The first-order chi connectivity index (χ1) is 8.40. The van der Waals surface area contributed by atoms with Gasteiger partial charge in [0.15, 0.2) is 0 Å². The lowest BCUT2D eigenvalue weighted by Crippen LogP contribution is -2.32. The fourth-order valence-corrected chi connectivity index (χ4v) is 1.66. The normalized spacial score (nSPS) is 11.2. The summed E-state index contributed by atoms with van der Waals surface area (Å²) in [4.78, 5) is 12.1. The molecule has 0 radical (unpaired) electrons. The minimum atomic E-state index is -0.527. The van der Waals surface area contributed by atoms with E-state index in [4.69, 9.17) is 22.1 Å². The van der Waals surface area contributed by atoms with Crippen LogP contribution in [0.25, 0.3) is 0 Å². The molecule has 0 aromatic heterocycles. The summed E-state index contributed by atoms with van der Waals surface area (Å²) in [5.41, 5.74) is 5.52. The molecular weight excluding hydrogens is 252 g/mol. The predicted molar refractivity (Wildman–Crippen MR) is 74.1 cm³/mol. The zero-order chi connectivity index (χ0) is 13.8. The number of benzene rings is 1. The van der Waals surface area contributed by atoms with Gasteiger partial charge in [-0.15, -0.1) is 0 Å². The Balaban J connectivity index is 2.87. The average molecular weight is 271 g/mol. The van der Waals surface area contributed by atoms with Crippen LogP contribution in [0, 0.1) is 5.41 Å². The van der Waals surface area contributed by atoms with Gasteiger partial charge in [-0.2, -0.15) is 0 Å². The summed E-state index contributed by atoms with van der Waals surface area (Å²) in [6.45, 7) is 4.17. The van der Waals surface area contributed by atoms with E-state index in [2.05, 4.69) is 5.32 Å². The summed E-state index contributed by atoms with van der Waals surface area (Å²) in [5.74, 6) is 0.537. The molecular formula is C13H19ClN2O2. The molecule has 18 heavy (non-hydrogen) atoms. The van der Waals surface area contributed by atoms with Crippen LogP contribution in [0.3, 0.4) is 0 Å². The van der Waals surface area contributed by atoms with Crippen molar-refractivity contribution in [1.82, 2.24) is 0 Å². The molecule has 1 amide bonds. The molecule has 1 aromatic carbocycles. The Labute approximate surface area is 112 Å². The number of halogens is 1. The topological polar surface area (TPSA) is 64.3 Å². The van der Waals surface area contributed by atoms with Crippen molar-refractivity contribution in [2.24, 2.45) is 11.1 Å². The summed E-state index contributed by atoms with van der Waals surface area (Å²) in [7, 11) is 1.56. The molecule has 0 saturated heterocycles. The van der Waals surface area contributed by atoms with Crippen LogP contribution in [-0.2, 0) is 4.79 Å². The van der Waals surface area contributed by atoms with E-state index >= 15 is 0 Å². The molecule has 3 N–H and O–H groups in total. The predicted octanol–water partition coefficient (Wildman–Crippen LogP) is 2.66. The number of carbonyl (C=O) groups is 1. The van der Waals surface area contributed by atoms with E-state index in [0.717, 1.165) is 0 Å². The van der Waals surface area contributed by atoms with Crippen LogP contribution in [0.1, 0.15) is 20.3 Å². The molecule has 0 heterocycles. The van der Waals surface area contributed by atoms with Crippen LogP contribution in [0.2, 0.25) is 5.02 Å². The van der Waals surface area contributed by atoms with Crippen LogP contribution < -0.4 is 15.8 Å². The summed E-state index contributed by atoms with van der Waals surface area (Å²) in [6.07, 6.45) is 0.612. The highest BCUT2D eigenvalue weighted by Crippen LogP contribution is 2.29. The van der Waals surface area contributed by atoms with Gasteiger partial charge >= 0.3 is 0 Å². The number of hydrogen-bond acceptors (Lipinski definition) is 3. The van der Waals surface area contributed by atoms with Gasteiger partial charge in [-0.25, -0.2) is 0 Å². The molecule has 100 valence electrons. The van der Waals surface area contributed by atoms with Crippen LogP contribution in [0.5, 0.6) is 5.75 Å². The Morgan fingerprint density at radius 1 is 1.50 bits per heavy atom. The number of nitrogens with one attached hydrogen (secondary N) is 1. The molecule has 0 fully saturated rings. The largest absolute Gasteiger partial charge is 0.497 e. The Kier molecular flexibility index (Phi) is 4.99. The molecule has 0 aliphatic heterocycles. The first kappa shape index (κ1) is 14.8. The number of methoxy groups -OCH3 is 1. The highest BCUT2D eigenvalue weighted by atomic mass is 35.5. The molecule has 5 heteroatoms. The molecule has 0 saturated carbocycles. The number of hydrogen-bond donors (Lipinski definition) is 2. The minimum absolute atomic E-state index is 0.108. The maximum Gasteiger partial charge on any atom is 0.230 e. The molecule has 1 aromatic rings. The lowest BCUT2D eigenvalue weighted by atomic mass is 9.88. The number of anilines is 1. The van der Waals surface area contributed by atoms with Crippen molar-refractivity contribution >= 4 is 23.2 Å². The molecule has 0 unspecified atom stereocenters. The van der Waals surface area contributed by atoms with Gasteiger partial charge < -0.3 is 15.8 Å². The summed E-state index contributed by atoms with van der Waals surface area (Å²) < 4.78 is 5.09. The van der Waals surface area contributed by atoms with Crippen LogP contribution >= 0.6 is 11.6 Å². The third-order valence-corrected chi connectivity index (χ3v) is 3.14. The second-order valence-corrected chi connectivity index (χ2v) is 5.13. The third kappa shape index (κ3) is 3.62. The van der Waals surface area contributed by atoms with E-state index in [9.17, 15) is 4.79 Å². The van der Waals surface area contributed by atoms with E-state index in [-0.39, 0.29) is 5.91 Å². The van der Waals surface area contributed by atoms with Crippen molar-refractivity contribution in [3.8, 4) is 5.75 Å². The van der Waals surface area contributed by atoms with Crippen molar-refractivity contribution < 1.29 is 9.53 Å². The number of rotatable bonds is 5. The quantitative estimate of drug-likeness (QED) is 0.865. The third-order valence-electron chi connectivity index (χ3n) is 2.81. The number of ether oxygens (including phenoxy) is 1. The Morgan fingerprint density at radius 3 is 2.72 bits per heavy atom. The highest BCUT2D eigenvalue weighted by molar-refractivity contribution is 6.33.